The quantitative estimate of drug-likeness (QED) is 0.0933. The summed E-state index contributed by atoms with van der Waals surface area (Å²) in [7, 11) is 4.39. The molecule has 278 valence electrons. The third kappa shape index (κ3) is 8.92. The fourth-order valence-corrected chi connectivity index (χ4v) is 9.09. The van der Waals surface area contributed by atoms with E-state index in [9.17, 15) is 14.4 Å². The maximum absolute atomic E-state index is 14.6. The van der Waals surface area contributed by atoms with Crippen LogP contribution in [0, 0.1) is 28.6 Å². The van der Waals surface area contributed by atoms with Gasteiger partial charge in [-0.1, -0.05) is 80.8 Å². The molecule has 2 aromatic carbocycles. The number of nitrogens with zero attached hydrogens (tertiary/aromatic N) is 1. The predicted octanol–water partition coefficient (Wildman–Crippen LogP) is 8.37. The summed E-state index contributed by atoms with van der Waals surface area (Å²) in [6.07, 6.45) is 8.59. The number of rotatable bonds is 17. The van der Waals surface area contributed by atoms with Crippen LogP contribution in [-0.2, 0) is 34.2 Å². The highest BCUT2D eigenvalue weighted by molar-refractivity contribution is 6.47. The molecule has 0 heterocycles. The van der Waals surface area contributed by atoms with Crippen LogP contribution >= 0.6 is 0 Å². The average molecular weight is 700 g/mol. The SMILES string of the molecule is CCC(C)(BCC(C)(CCC(C)(C)C(=O)OC(C)(c1ccccc1)c1ccccc1)C(=O)OC12CC3CC(CC(C3)C1)C2)C(=O)OCCN(C)C. The van der Waals surface area contributed by atoms with Gasteiger partial charge in [-0.3, -0.25) is 14.4 Å². The number of benzene rings is 2. The Hall–Kier alpha value is -3.13. The van der Waals surface area contributed by atoms with Gasteiger partial charge in [0.1, 0.15) is 19.5 Å². The summed E-state index contributed by atoms with van der Waals surface area (Å²) in [5.41, 5.74) is -1.39. The Labute approximate surface area is 307 Å². The number of carbonyl (C=O) groups is 3. The van der Waals surface area contributed by atoms with Crippen molar-refractivity contribution < 1.29 is 28.6 Å². The van der Waals surface area contributed by atoms with Crippen LogP contribution in [0.4, 0.5) is 0 Å². The predicted molar refractivity (Wildman–Crippen MR) is 204 cm³/mol. The molecule has 6 rings (SSSR count). The molecule has 4 bridgehead atoms. The number of carbonyl (C=O) groups excluding carboxylic acids is 3. The minimum atomic E-state index is -0.993. The number of hydrogen-bond donors (Lipinski definition) is 0. The van der Waals surface area contributed by atoms with Gasteiger partial charge in [0.15, 0.2) is 5.60 Å². The summed E-state index contributed by atoms with van der Waals surface area (Å²) < 4.78 is 18.9. The highest BCUT2D eigenvalue weighted by Crippen LogP contribution is 2.58. The Bertz CT molecular complexity index is 1430. The summed E-state index contributed by atoms with van der Waals surface area (Å²) in [5, 5.41) is -0.740. The first kappa shape index (κ1) is 39.1. The van der Waals surface area contributed by atoms with Crippen LogP contribution in [0.15, 0.2) is 60.7 Å². The molecule has 2 atom stereocenters. The summed E-state index contributed by atoms with van der Waals surface area (Å²) in [6, 6.07) is 19.7. The number of hydrogen-bond acceptors (Lipinski definition) is 7. The maximum Gasteiger partial charge on any atom is 0.312 e. The minimum Gasteiger partial charge on any atom is -0.464 e. The zero-order chi connectivity index (χ0) is 37.1. The Morgan fingerprint density at radius 1 is 0.765 bits per heavy atom. The molecule has 51 heavy (non-hydrogen) atoms. The van der Waals surface area contributed by atoms with Crippen LogP contribution in [0.5, 0.6) is 0 Å². The average Bonchev–Trinajstić information content (AvgIpc) is 3.09. The summed E-state index contributed by atoms with van der Waals surface area (Å²) in [6.45, 7) is 12.7. The number of likely N-dealkylation sites (N-methyl/N-ethyl adjacent to an activating group) is 1. The van der Waals surface area contributed by atoms with Crippen molar-refractivity contribution >= 4 is 25.2 Å². The molecular formula is C43H62BNO6. The molecule has 0 N–H and O–H groups in total. The molecule has 2 aromatic rings. The van der Waals surface area contributed by atoms with Crippen LogP contribution in [0.2, 0.25) is 11.6 Å². The van der Waals surface area contributed by atoms with Crippen LogP contribution in [0.1, 0.15) is 110 Å². The molecule has 7 nitrogen and oxygen atoms in total. The van der Waals surface area contributed by atoms with Crippen LogP contribution < -0.4 is 0 Å². The maximum atomic E-state index is 14.6. The lowest BCUT2D eigenvalue weighted by molar-refractivity contribution is -0.196. The molecule has 2 unspecified atom stereocenters. The van der Waals surface area contributed by atoms with E-state index in [4.69, 9.17) is 14.2 Å². The van der Waals surface area contributed by atoms with Gasteiger partial charge in [0, 0.05) is 11.9 Å². The Kier molecular flexibility index (Phi) is 11.9. The largest absolute Gasteiger partial charge is 0.464 e. The van der Waals surface area contributed by atoms with Gasteiger partial charge in [0.25, 0.3) is 0 Å². The molecule has 4 aliphatic rings. The van der Waals surface area contributed by atoms with Crippen molar-refractivity contribution in [3.05, 3.63) is 71.8 Å². The van der Waals surface area contributed by atoms with Crippen molar-refractivity contribution in [3.8, 4) is 0 Å². The topological polar surface area (TPSA) is 82.1 Å². The zero-order valence-electron chi connectivity index (χ0n) is 32.6. The van der Waals surface area contributed by atoms with Crippen LogP contribution in [0.25, 0.3) is 0 Å². The van der Waals surface area contributed by atoms with Gasteiger partial charge < -0.3 is 19.1 Å². The van der Waals surface area contributed by atoms with Gasteiger partial charge >= 0.3 is 17.9 Å². The van der Waals surface area contributed by atoms with E-state index in [2.05, 4.69) is 0 Å². The van der Waals surface area contributed by atoms with Crippen molar-refractivity contribution in [1.82, 2.24) is 4.90 Å². The van der Waals surface area contributed by atoms with Crippen molar-refractivity contribution in [2.45, 2.75) is 122 Å². The molecular weight excluding hydrogens is 637 g/mol. The van der Waals surface area contributed by atoms with Gasteiger partial charge in [-0.25, -0.2) is 0 Å². The summed E-state index contributed by atoms with van der Waals surface area (Å²) >= 11 is 0. The molecule has 0 amide bonds. The van der Waals surface area contributed by atoms with Gasteiger partial charge in [0.2, 0.25) is 0 Å². The van der Waals surface area contributed by atoms with E-state index in [1.54, 1.807) is 0 Å². The van der Waals surface area contributed by atoms with E-state index in [0.717, 1.165) is 30.4 Å². The zero-order valence-corrected chi connectivity index (χ0v) is 32.6. The van der Waals surface area contributed by atoms with Gasteiger partial charge in [-0.15, -0.1) is 0 Å². The van der Waals surface area contributed by atoms with E-state index in [-0.39, 0.29) is 23.5 Å². The molecule has 0 saturated heterocycles. The van der Waals surface area contributed by atoms with Crippen molar-refractivity contribution in [2.75, 3.05) is 27.2 Å². The van der Waals surface area contributed by atoms with Gasteiger partial charge in [-0.05, 0) is 128 Å². The monoisotopic (exact) mass is 699 g/mol. The Balaban J connectivity index is 1.35. The number of ether oxygens (including phenoxy) is 3. The van der Waals surface area contributed by atoms with Gasteiger partial charge in [0.05, 0.1) is 10.8 Å². The van der Waals surface area contributed by atoms with E-state index in [1.165, 1.54) is 19.3 Å². The minimum absolute atomic E-state index is 0.188. The fraction of sp³-hybridized carbons (Fsp3) is 0.651. The third-order valence-corrected chi connectivity index (χ3v) is 12.9. The van der Waals surface area contributed by atoms with Crippen molar-refractivity contribution in [2.24, 2.45) is 28.6 Å². The van der Waals surface area contributed by atoms with E-state index >= 15 is 0 Å². The first-order chi connectivity index (χ1) is 24.0. The molecule has 4 fully saturated rings. The molecule has 0 spiro atoms. The Morgan fingerprint density at radius 2 is 1.27 bits per heavy atom. The first-order valence-electron chi connectivity index (χ1n) is 19.4. The van der Waals surface area contributed by atoms with E-state index < -0.39 is 21.7 Å². The first-order valence-corrected chi connectivity index (χ1v) is 19.4. The highest BCUT2D eigenvalue weighted by atomic mass is 16.6. The standard InChI is InChI=1S/C43H62BNO6/c1-9-41(5,38(48)49-23-22-45(7)8)44-30-40(4,37(47)51-43-27-31-24-32(28-43)26-33(25-31)29-43)21-20-39(2,3)36(46)50-42(6,34-16-12-10-13-17-34)35-18-14-11-15-19-35/h10-19,31-33,44H,9,20-30H2,1-8H3. The molecule has 4 saturated carbocycles. The normalized spacial score (nSPS) is 25.1. The second-order valence-corrected chi connectivity index (χ2v) is 17.9. The lowest BCUT2D eigenvalue weighted by Crippen LogP contribution is -2.54. The fourth-order valence-electron chi connectivity index (χ4n) is 9.09. The summed E-state index contributed by atoms with van der Waals surface area (Å²) in [5.74, 6) is 1.20. The Morgan fingerprint density at radius 3 is 1.75 bits per heavy atom. The van der Waals surface area contributed by atoms with Crippen molar-refractivity contribution in [3.63, 3.8) is 0 Å². The number of esters is 3. The third-order valence-electron chi connectivity index (χ3n) is 12.9. The summed E-state index contributed by atoms with van der Waals surface area (Å²) in [4.78, 5) is 44.2. The second-order valence-electron chi connectivity index (χ2n) is 17.9. The molecule has 0 aliphatic heterocycles. The van der Waals surface area contributed by atoms with Crippen LogP contribution in [-0.4, -0.2) is 62.9 Å². The second kappa shape index (κ2) is 15.5. The lowest BCUT2D eigenvalue weighted by atomic mass is 9.45. The molecule has 8 heteroatoms. The molecule has 4 aliphatic carbocycles. The molecule has 0 aromatic heterocycles. The van der Waals surface area contributed by atoms with Gasteiger partial charge in [-0.2, -0.15) is 0 Å². The highest BCUT2D eigenvalue weighted by Gasteiger charge is 2.55. The van der Waals surface area contributed by atoms with Crippen molar-refractivity contribution in [1.29, 1.82) is 0 Å². The van der Waals surface area contributed by atoms with E-state index in [0.29, 0.717) is 63.8 Å². The lowest BCUT2D eigenvalue weighted by Gasteiger charge is -2.56. The van der Waals surface area contributed by atoms with Crippen LogP contribution in [0.3, 0.4) is 0 Å². The molecule has 0 radical (unpaired) electrons. The smallest absolute Gasteiger partial charge is 0.312 e. The van der Waals surface area contributed by atoms with E-state index in [1.807, 2.05) is 121 Å².